The number of hydrogen-bond acceptors (Lipinski definition) is 6. The fourth-order valence-corrected chi connectivity index (χ4v) is 5.80. The topological polar surface area (TPSA) is 77.7 Å². The van der Waals surface area contributed by atoms with Crippen LogP contribution in [-0.2, 0) is 9.84 Å². The first-order chi connectivity index (χ1) is 15.0. The van der Waals surface area contributed by atoms with Gasteiger partial charge in [0.05, 0.1) is 26.4 Å². The quantitative estimate of drug-likeness (QED) is 0.331. The lowest BCUT2D eigenvalue weighted by atomic mass is 10.2. The first-order valence-corrected chi connectivity index (χ1v) is 12.6. The Hall–Kier alpha value is -2.39. The second-order valence-electron chi connectivity index (χ2n) is 6.46. The molecule has 0 aliphatic heterocycles. The summed E-state index contributed by atoms with van der Waals surface area (Å²) in [5.74, 6) is 0.849. The van der Waals surface area contributed by atoms with Crippen molar-refractivity contribution in [2.45, 2.75) is 10.1 Å². The number of rotatable bonds is 7. The Morgan fingerprint density at radius 2 is 1.74 bits per heavy atom. The largest absolute Gasteiger partial charge is 0.270 e. The van der Waals surface area contributed by atoms with E-state index in [1.54, 1.807) is 54.9 Å². The lowest BCUT2D eigenvalue weighted by Crippen LogP contribution is -2.09. The van der Waals surface area contributed by atoms with E-state index in [1.807, 2.05) is 22.8 Å². The molecule has 0 saturated carbocycles. The Kier molecular flexibility index (Phi) is 6.62. The summed E-state index contributed by atoms with van der Waals surface area (Å²) in [6, 6.07) is 17.3. The summed E-state index contributed by atoms with van der Waals surface area (Å²) in [5.41, 5.74) is 1.48. The van der Waals surface area contributed by atoms with Crippen molar-refractivity contribution in [3.8, 4) is 17.1 Å². The van der Waals surface area contributed by atoms with E-state index in [9.17, 15) is 8.42 Å². The van der Waals surface area contributed by atoms with Crippen LogP contribution in [0.4, 0.5) is 0 Å². The minimum Gasteiger partial charge on any atom is -0.270 e. The number of pyridine rings is 1. The van der Waals surface area contributed by atoms with Gasteiger partial charge in [0.15, 0.2) is 20.8 Å². The SMILES string of the molecule is O=S(=O)(CCSc1nnc(-c2cccnc2)n1-c1ccc(Cl)c(Cl)c1)c1ccccc1. The van der Waals surface area contributed by atoms with Crippen molar-refractivity contribution in [3.63, 3.8) is 0 Å². The van der Waals surface area contributed by atoms with Gasteiger partial charge < -0.3 is 0 Å². The molecule has 0 aliphatic rings. The second kappa shape index (κ2) is 9.40. The van der Waals surface area contributed by atoms with Crippen LogP contribution in [0, 0.1) is 0 Å². The number of halogens is 2. The molecular formula is C21H16Cl2N4O2S2. The predicted octanol–water partition coefficient (Wildman–Crippen LogP) is 5.20. The van der Waals surface area contributed by atoms with Crippen LogP contribution in [-0.4, -0.2) is 39.7 Å². The molecule has 0 fully saturated rings. The van der Waals surface area contributed by atoms with E-state index in [-0.39, 0.29) is 5.75 Å². The van der Waals surface area contributed by atoms with Gasteiger partial charge >= 0.3 is 0 Å². The fourth-order valence-electron chi connectivity index (χ4n) is 2.89. The fraction of sp³-hybridized carbons (Fsp3) is 0.0952. The zero-order valence-electron chi connectivity index (χ0n) is 16.0. The van der Waals surface area contributed by atoms with Crippen LogP contribution in [0.2, 0.25) is 10.0 Å². The zero-order valence-corrected chi connectivity index (χ0v) is 19.2. The Morgan fingerprint density at radius 1 is 0.935 bits per heavy atom. The number of thioether (sulfide) groups is 1. The third-order valence-corrected chi connectivity index (χ3v) is 8.06. The number of aromatic nitrogens is 4. The van der Waals surface area contributed by atoms with E-state index in [4.69, 9.17) is 23.2 Å². The Balaban J connectivity index is 1.65. The molecule has 10 heteroatoms. The molecular weight excluding hydrogens is 475 g/mol. The van der Waals surface area contributed by atoms with Crippen molar-refractivity contribution in [3.05, 3.63) is 83.1 Å². The van der Waals surface area contributed by atoms with Crippen LogP contribution >= 0.6 is 35.0 Å². The normalized spacial score (nSPS) is 11.5. The Labute approximate surface area is 194 Å². The summed E-state index contributed by atoms with van der Waals surface area (Å²) < 4.78 is 27.0. The number of benzene rings is 2. The molecule has 0 N–H and O–H groups in total. The molecule has 0 aliphatic carbocycles. The third-order valence-electron chi connectivity index (χ3n) is 4.40. The molecule has 0 amide bonds. The summed E-state index contributed by atoms with van der Waals surface area (Å²) in [6.07, 6.45) is 3.36. The lowest BCUT2D eigenvalue weighted by molar-refractivity contribution is 0.597. The molecule has 4 aromatic rings. The van der Waals surface area contributed by atoms with Gasteiger partial charge in [0.25, 0.3) is 0 Å². The summed E-state index contributed by atoms with van der Waals surface area (Å²) in [6.45, 7) is 0. The van der Waals surface area contributed by atoms with E-state index in [2.05, 4.69) is 15.2 Å². The third kappa shape index (κ3) is 4.93. The van der Waals surface area contributed by atoms with Crippen LogP contribution in [0.25, 0.3) is 17.1 Å². The highest BCUT2D eigenvalue weighted by atomic mass is 35.5. The summed E-state index contributed by atoms with van der Waals surface area (Å²) in [5, 5.41) is 9.98. The van der Waals surface area contributed by atoms with Gasteiger partial charge in [-0.3, -0.25) is 9.55 Å². The van der Waals surface area contributed by atoms with Crippen LogP contribution in [0.3, 0.4) is 0 Å². The van der Waals surface area contributed by atoms with Gasteiger partial charge in [0.2, 0.25) is 0 Å². The summed E-state index contributed by atoms with van der Waals surface area (Å²) in [4.78, 5) is 4.45. The van der Waals surface area contributed by atoms with Crippen molar-refractivity contribution in [1.29, 1.82) is 0 Å². The highest BCUT2D eigenvalue weighted by Crippen LogP contribution is 2.31. The van der Waals surface area contributed by atoms with Crippen molar-refractivity contribution in [2.75, 3.05) is 11.5 Å². The molecule has 0 bridgehead atoms. The van der Waals surface area contributed by atoms with E-state index in [0.717, 1.165) is 5.56 Å². The maximum absolute atomic E-state index is 12.6. The molecule has 6 nitrogen and oxygen atoms in total. The van der Waals surface area contributed by atoms with E-state index in [0.29, 0.717) is 37.4 Å². The van der Waals surface area contributed by atoms with Gasteiger partial charge in [0, 0.05) is 23.7 Å². The molecule has 2 aromatic carbocycles. The van der Waals surface area contributed by atoms with Crippen molar-refractivity contribution in [1.82, 2.24) is 19.7 Å². The number of nitrogens with zero attached hydrogens (tertiary/aromatic N) is 4. The van der Waals surface area contributed by atoms with Gasteiger partial charge in [-0.2, -0.15) is 0 Å². The standard InChI is InChI=1S/C21H16Cl2N4O2S2/c22-18-9-8-16(13-19(18)23)27-20(15-5-4-10-24-14-15)25-26-21(27)30-11-12-31(28,29)17-6-2-1-3-7-17/h1-10,13-14H,11-12H2. The van der Waals surface area contributed by atoms with Crippen LogP contribution in [0.15, 0.2) is 83.1 Å². The van der Waals surface area contributed by atoms with Crippen LogP contribution < -0.4 is 0 Å². The summed E-state index contributed by atoms with van der Waals surface area (Å²) >= 11 is 13.6. The van der Waals surface area contributed by atoms with Gasteiger partial charge in [-0.15, -0.1) is 10.2 Å². The minimum absolute atomic E-state index is 0.0296. The Morgan fingerprint density at radius 3 is 2.45 bits per heavy atom. The van der Waals surface area contributed by atoms with E-state index >= 15 is 0 Å². The van der Waals surface area contributed by atoms with Crippen molar-refractivity contribution < 1.29 is 8.42 Å². The zero-order chi connectivity index (χ0) is 21.8. The maximum Gasteiger partial charge on any atom is 0.196 e. The Bertz CT molecular complexity index is 1300. The molecule has 0 unspecified atom stereocenters. The first kappa shape index (κ1) is 21.8. The molecule has 158 valence electrons. The average Bonchev–Trinajstić information content (AvgIpc) is 3.20. The molecule has 2 heterocycles. The molecule has 0 radical (unpaired) electrons. The van der Waals surface area contributed by atoms with Crippen LogP contribution in [0.5, 0.6) is 0 Å². The highest BCUT2D eigenvalue weighted by molar-refractivity contribution is 8.00. The lowest BCUT2D eigenvalue weighted by Gasteiger charge is -2.11. The van der Waals surface area contributed by atoms with Crippen molar-refractivity contribution in [2.24, 2.45) is 0 Å². The molecule has 4 rings (SSSR count). The smallest absolute Gasteiger partial charge is 0.196 e. The highest BCUT2D eigenvalue weighted by Gasteiger charge is 2.19. The predicted molar refractivity (Wildman–Crippen MR) is 124 cm³/mol. The molecule has 0 spiro atoms. The number of sulfone groups is 1. The molecule has 0 saturated heterocycles. The van der Waals surface area contributed by atoms with Gasteiger partial charge in [-0.1, -0.05) is 53.2 Å². The summed E-state index contributed by atoms with van der Waals surface area (Å²) in [7, 11) is -3.39. The van der Waals surface area contributed by atoms with Gasteiger partial charge in [-0.25, -0.2) is 8.42 Å². The van der Waals surface area contributed by atoms with Crippen molar-refractivity contribution >= 4 is 44.8 Å². The minimum atomic E-state index is -3.39. The van der Waals surface area contributed by atoms with E-state index in [1.165, 1.54) is 11.8 Å². The number of hydrogen-bond donors (Lipinski definition) is 0. The van der Waals surface area contributed by atoms with Gasteiger partial charge in [-0.05, 0) is 42.5 Å². The molecule has 31 heavy (non-hydrogen) atoms. The monoisotopic (exact) mass is 490 g/mol. The average molecular weight is 491 g/mol. The first-order valence-electron chi connectivity index (χ1n) is 9.17. The maximum atomic E-state index is 12.6. The van der Waals surface area contributed by atoms with E-state index < -0.39 is 9.84 Å². The molecule has 2 aromatic heterocycles. The second-order valence-corrected chi connectivity index (χ2v) is 10.4. The molecule has 0 atom stereocenters. The van der Waals surface area contributed by atoms with Gasteiger partial charge in [0.1, 0.15) is 0 Å². The van der Waals surface area contributed by atoms with Crippen LogP contribution in [0.1, 0.15) is 0 Å².